The van der Waals surface area contributed by atoms with E-state index in [1.807, 2.05) is 6.07 Å². The van der Waals surface area contributed by atoms with E-state index in [9.17, 15) is 10.1 Å². The topological polar surface area (TPSA) is 103 Å². The lowest BCUT2D eigenvalue weighted by Gasteiger charge is -2.07. The molecular formula is C11H9IN4O3. The molecule has 0 saturated carbocycles. The summed E-state index contributed by atoms with van der Waals surface area (Å²) in [5.41, 5.74) is 2.09. The summed E-state index contributed by atoms with van der Waals surface area (Å²) >= 11 is 2.12. The van der Waals surface area contributed by atoms with Gasteiger partial charge in [-0.25, -0.2) is 5.84 Å². The van der Waals surface area contributed by atoms with Crippen LogP contribution in [0.15, 0.2) is 36.4 Å². The van der Waals surface area contributed by atoms with Crippen molar-refractivity contribution in [1.29, 1.82) is 0 Å². The Labute approximate surface area is 122 Å². The predicted octanol–water partition coefficient (Wildman–Crippen LogP) is 2.67. The number of nitrogens with zero attached hydrogens (tertiary/aromatic N) is 2. The largest absolute Gasteiger partial charge is 0.434 e. The molecule has 19 heavy (non-hydrogen) atoms. The summed E-state index contributed by atoms with van der Waals surface area (Å²) < 4.78 is 6.39. The van der Waals surface area contributed by atoms with Gasteiger partial charge in [0.15, 0.2) is 0 Å². The van der Waals surface area contributed by atoms with E-state index in [1.54, 1.807) is 18.2 Å². The van der Waals surface area contributed by atoms with Gasteiger partial charge in [-0.05, 0) is 46.9 Å². The van der Waals surface area contributed by atoms with Crippen LogP contribution in [-0.2, 0) is 0 Å². The van der Waals surface area contributed by atoms with E-state index >= 15 is 0 Å². The fourth-order valence-electron chi connectivity index (χ4n) is 1.37. The first-order valence-electron chi connectivity index (χ1n) is 5.15. The summed E-state index contributed by atoms with van der Waals surface area (Å²) in [4.78, 5) is 14.3. The van der Waals surface area contributed by atoms with Crippen LogP contribution in [0.5, 0.6) is 11.6 Å². The second-order valence-corrected chi connectivity index (χ2v) is 4.73. The number of halogens is 1. The van der Waals surface area contributed by atoms with E-state index in [0.717, 1.165) is 3.57 Å². The maximum atomic E-state index is 10.9. The van der Waals surface area contributed by atoms with Crippen molar-refractivity contribution in [3.8, 4) is 11.6 Å². The van der Waals surface area contributed by atoms with Crippen LogP contribution in [0.4, 0.5) is 11.5 Å². The minimum Gasteiger partial charge on any atom is -0.434 e. The van der Waals surface area contributed by atoms with Gasteiger partial charge in [0, 0.05) is 9.64 Å². The zero-order valence-electron chi connectivity index (χ0n) is 9.54. The zero-order chi connectivity index (χ0) is 13.8. The number of nitrogen functional groups attached to an aromatic ring is 1. The summed E-state index contributed by atoms with van der Waals surface area (Å²) in [5.74, 6) is 5.87. The highest BCUT2D eigenvalue weighted by Crippen LogP contribution is 2.30. The number of aromatic nitrogens is 1. The maximum absolute atomic E-state index is 10.9. The van der Waals surface area contributed by atoms with Gasteiger partial charge in [0.25, 0.3) is 0 Å². The molecule has 2 rings (SSSR count). The molecule has 0 aliphatic rings. The Morgan fingerprint density at radius 2 is 2.16 bits per heavy atom. The van der Waals surface area contributed by atoms with E-state index in [4.69, 9.17) is 10.6 Å². The van der Waals surface area contributed by atoms with Crippen molar-refractivity contribution in [1.82, 2.24) is 4.98 Å². The van der Waals surface area contributed by atoms with Crippen LogP contribution < -0.4 is 16.0 Å². The lowest BCUT2D eigenvalue weighted by Crippen LogP contribution is -2.09. The van der Waals surface area contributed by atoms with Crippen LogP contribution in [-0.4, -0.2) is 9.91 Å². The highest BCUT2D eigenvalue weighted by molar-refractivity contribution is 14.1. The Morgan fingerprint density at radius 3 is 2.79 bits per heavy atom. The number of nitrogens with two attached hydrogens (primary N) is 1. The Bertz CT molecular complexity index is 621. The molecule has 0 fully saturated rings. The van der Waals surface area contributed by atoms with Crippen LogP contribution in [0.1, 0.15) is 0 Å². The number of nitro groups is 1. The van der Waals surface area contributed by atoms with E-state index in [2.05, 4.69) is 33.0 Å². The number of anilines is 1. The molecule has 0 aliphatic heterocycles. The number of pyridine rings is 1. The first-order valence-corrected chi connectivity index (χ1v) is 6.23. The Morgan fingerprint density at radius 1 is 1.37 bits per heavy atom. The van der Waals surface area contributed by atoms with Gasteiger partial charge in [-0.2, -0.15) is 4.98 Å². The van der Waals surface area contributed by atoms with E-state index < -0.39 is 4.92 Å². The van der Waals surface area contributed by atoms with Gasteiger partial charge in [0.1, 0.15) is 11.6 Å². The van der Waals surface area contributed by atoms with E-state index in [1.165, 1.54) is 12.1 Å². The standard InChI is InChI=1S/C11H9IN4O3/c12-7-2-1-3-8(6-7)19-11-9(16(17)18)4-5-10(14-11)15-13/h1-6H,13H2,(H,14,15). The molecule has 1 aromatic heterocycles. The quantitative estimate of drug-likeness (QED) is 0.370. The Balaban J connectivity index is 2.39. The maximum Gasteiger partial charge on any atom is 0.331 e. The average Bonchev–Trinajstić information content (AvgIpc) is 2.38. The van der Waals surface area contributed by atoms with Gasteiger partial charge < -0.3 is 10.2 Å². The van der Waals surface area contributed by atoms with Crippen molar-refractivity contribution in [2.24, 2.45) is 5.84 Å². The van der Waals surface area contributed by atoms with Crippen LogP contribution in [0.25, 0.3) is 0 Å². The molecule has 0 radical (unpaired) electrons. The molecule has 1 heterocycles. The lowest BCUT2D eigenvalue weighted by molar-refractivity contribution is -0.386. The second-order valence-electron chi connectivity index (χ2n) is 3.48. The summed E-state index contributed by atoms with van der Waals surface area (Å²) in [6.07, 6.45) is 0. The fourth-order valence-corrected chi connectivity index (χ4v) is 1.88. The molecule has 8 heteroatoms. The first kappa shape index (κ1) is 13.5. The number of rotatable bonds is 4. The third-order valence-electron chi connectivity index (χ3n) is 2.20. The molecule has 0 spiro atoms. The van der Waals surface area contributed by atoms with Gasteiger partial charge in [-0.3, -0.25) is 10.1 Å². The predicted molar refractivity (Wildman–Crippen MR) is 77.9 cm³/mol. The zero-order valence-corrected chi connectivity index (χ0v) is 11.7. The van der Waals surface area contributed by atoms with Crippen molar-refractivity contribution < 1.29 is 9.66 Å². The number of hydrogen-bond acceptors (Lipinski definition) is 6. The normalized spacial score (nSPS) is 10.0. The molecule has 98 valence electrons. The molecule has 2 aromatic rings. The van der Waals surface area contributed by atoms with E-state index in [0.29, 0.717) is 5.75 Å². The number of nitrogens with one attached hydrogen (secondary N) is 1. The van der Waals surface area contributed by atoms with Gasteiger partial charge >= 0.3 is 11.6 Å². The SMILES string of the molecule is NNc1ccc([N+](=O)[O-])c(Oc2cccc(I)c2)n1. The number of benzene rings is 1. The lowest BCUT2D eigenvalue weighted by atomic mass is 10.3. The highest BCUT2D eigenvalue weighted by Gasteiger charge is 2.18. The minimum absolute atomic E-state index is 0.109. The summed E-state index contributed by atoms with van der Waals surface area (Å²) in [5, 5.41) is 10.9. The van der Waals surface area contributed by atoms with Crippen molar-refractivity contribution in [2.75, 3.05) is 5.43 Å². The molecule has 1 aromatic carbocycles. The van der Waals surface area contributed by atoms with Gasteiger partial charge in [-0.15, -0.1) is 0 Å². The van der Waals surface area contributed by atoms with Crippen molar-refractivity contribution in [3.05, 3.63) is 50.1 Å². The molecule has 0 atom stereocenters. The van der Waals surface area contributed by atoms with Gasteiger partial charge in [0.05, 0.1) is 4.92 Å². The van der Waals surface area contributed by atoms with Crippen LogP contribution >= 0.6 is 22.6 Å². The van der Waals surface area contributed by atoms with Crippen LogP contribution in [0.3, 0.4) is 0 Å². The second kappa shape index (κ2) is 5.80. The summed E-state index contributed by atoms with van der Waals surface area (Å²) in [6.45, 7) is 0. The molecule has 0 aliphatic carbocycles. The number of hydrogen-bond donors (Lipinski definition) is 2. The molecule has 0 saturated heterocycles. The number of ether oxygens (including phenoxy) is 1. The smallest absolute Gasteiger partial charge is 0.331 e. The Kier molecular flexibility index (Phi) is 4.12. The molecule has 7 nitrogen and oxygen atoms in total. The third-order valence-corrected chi connectivity index (χ3v) is 2.87. The van der Waals surface area contributed by atoms with Crippen molar-refractivity contribution in [3.63, 3.8) is 0 Å². The molecule has 3 N–H and O–H groups in total. The minimum atomic E-state index is -0.559. The molecule has 0 bridgehead atoms. The molecule has 0 unspecified atom stereocenters. The van der Waals surface area contributed by atoms with Gasteiger partial charge in [-0.1, -0.05) is 6.07 Å². The fraction of sp³-hybridized carbons (Fsp3) is 0. The average molecular weight is 372 g/mol. The first-order chi connectivity index (χ1) is 9.10. The number of hydrazine groups is 1. The Hall–Kier alpha value is -1.94. The van der Waals surface area contributed by atoms with Crippen molar-refractivity contribution >= 4 is 34.1 Å². The summed E-state index contributed by atoms with van der Waals surface area (Å²) in [6, 6.07) is 9.79. The van der Waals surface area contributed by atoms with Crippen molar-refractivity contribution in [2.45, 2.75) is 0 Å². The van der Waals surface area contributed by atoms with Gasteiger partial charge in [0.2, 0.25) is 0 Å². The summed E-state index contributed by atoms with van der Waals surface area (Å²) in [7, 11) is 0. The monoisotopic (exact) mass is 372 g/mol. The third kappa shape index (κ3) is 3.29. The molecular weight excluding hydrogens is 363 g/mol. The van der Waals surface area contributed by atoms with Crippen LogP contribution in [0, 0.1) is 13.7 Å². The van der Waals surface area contributed by atoms with Crippen LogP contribution in [0.2, 0.25) is 0 Å². The highest BCUT2D eigenvalue weighted by atomic mass is 127. The van der Waals surface area contributed by atoms with E-state index in [-0.39, 0.29) is 17.4 Å². The molecule has 0 amide bonds.